The van der Waals surface area contributed by atoms with Crippen molar-refractivity contribution in [2.45, 2.75) is 11.7 Å². The summed E-state index contributed by atoms with van der Waals surface area (Å²) >= 11 is 2.04. The molecule has 10 heavy (non-hydrogen) atoms. The molecule has 0 spiro atoms. The highest BCUT2D eigenvalue weighted by Gasteiger charge is 2.35. The number of nitrogens with zero attached hydrogens (tertiary/aromatic N) is 1. The third-order valence-electron chi connectivity index (χ3n) is 1.45. The number of hydrogen-bond donors (Lipinski definition) is 0. The van der Waals surface area contributed by atoms with Crippen molar-refractivity contribution >= 4 is 42.0 Å². The first-order valence-electron chi connectivity index (χ1n) is 2.74. The zero-order valence-electron chi connectivity index (χ0n) is 5.33. The number of carbonyl (C=O) groups excluding carboxylic acids is 2. The maximum absolute atomic E-state index is 11.0. The Hall–Kier alpha value is 0.220. The molecule has 1 rings (SSSR count). The average Bonchev–Trinajstić information content (AvgIpc) is 2.17. The summed E-state index contributed by atoms with van der Waals surface area (Å²) in [7, 11) is 2.93. The zero-order chi connectivity index (χ0) is 7.72. The number of likely N-dealkylation sites (tertiary alicyclic amines) is 1. The lowest BCUT2D eigenvalue weighted by Gasteiger charge is -2.04. The van der Waals surface area contributed by atoms with E-state index in [0.29, 0.717) is 6.42 Å². The highest BCUT2D eigenvalue weighted by Crippen LogP contribution is 2.28. The SMILES string of the molecule is CN1C(=O)CC(SI)C1=O. The molecule has 1 heterocycles. The van der Waals surface area contributed by atoms with Crippen LogP contribution in [-0.2, 0) is 9.59 Å². The number of halogens is 1. The third-order valence-corrected chi connectivity index (χ3v) is 3.87. The molecule has 1 aliphatic heterocycles. The smallest absolute Gasteiger partial charge is 0.243 e. The van der Waals surface area contributed by atoms with Gasteiger partial charge in [-0.1, -0.05) is 8.93 Å². The van der Waals surface area contributed by atoms with Crippen LogP contribution in [0.25, 0.3) is 0 Å². The summed E-state index contributed by atoms with van der Waals surface area (Å²) in [5.74, 6) is -0.136. The van der Waals surface area contributed by atoms with Crippen LogP contribution in [0.4, 0.5) is 0 Å². The molecule has 0 aromatic carbocycles. The zero-order valence-corrected chi connectivity index (χ0v) is 8.31. The Morgan fingerprint density at radius 2 is 2.30 bits per heavy atom. The molecule has 0 saturated carbocycles. The van der Waals surface area contributed by atoms with E-state index in [-0.39, 0.29) is 17.1 Å². The van der Waals surface area contributed by atoms with E-state index in [9.17, 15) is 9.59 Å². The molecule has 1 fully saturated rings. The predicted octanol–water partition coefficient (Wildman–Crippen LogP) is 0.827. The fourth-order valence-electron chi connectivity index (χ4n) is 0.791. The largest absolute Gasteiger partial charge is 0.285 e. The average molecular weight is 271 g/mol. The minimum Gasteiger partial charge on any atom is -0.285 e. The van der Waals surface area contributed by atoms with Crippen LogP contribution < -0.4 is 0 Å². The maximum atomic E-state index is 11.0. The fraction of sp³-hybridized carbons (Fsp3) is 0.600. The molecular formula is C5H6INO2S. The summed E-state index contributed by atoms with van der Waals surface area (Å²) in [6.07, 6.45) is 0.364. The van der Waals surface area contributed by atoms with E-state index in [4.69, 9.17) is 0 Å². The molecule has 1 unspecified atom stereocenters. The molecule has 0 aromatic heterocycles. The van der Waals surface area contributed by atoms with Gasteiger partial charge in [0.2, 0.25) is 11.8 Å². The van der Waals surface area contributed by atoms with Crippen LogP contribution in [0.1, 0.15) is 6.42 Å². The van der Waals surface area contributed by atoms with Crippen molar-refractivity contribution < 1.29 is 9.59 Å². The van der Waals surface area contributed by atoms with Crippen molar-refractivity contribution in [3.8, 4) is 0 Å². The monoisotopic (exact) mass is 271 g/mol. The van der Waals surface area contributed by atoms with Gasteiger partial charge in [-0.05, 0) is 21.2 Å². The van der Waals surface area contributed by atoms with Crippen LogP contribution in [0.2, 0.25) is 0 Å². The molecular weight excluding hydrogens is 265 g/mol. The standard InChI is InChI=1S/C5H6INO2S/c1-7-4(8)2-3(10-6)5(7)9/h3H,2H2,1H3. The van der Waals surface area contributed by atoms with Gasteiger partial charge >= 0.3 is 0 Å². The van der Waals surface area contributed by atoms with E-state index in [1.54, 1.807) is 0 Å². The first-order valence-corrected chi connectivity index (χ1v) is 6.17. The summed E-state index contributed by atoms with van der Waals surface area (Å²) in [6, 6.07) is 0. The van der Waals surface area contributed by atoms with Gasteiger partial charge in [-0.15, -0.1) is 0 Å². The molecule has 56 valence electrons. The number of imide groups is 1. The quantitative estimate of drug-likeness (QED) is 0.523. The molecule has 1 saturated heterocycles. The highest BCUT2D eigenvalue weighted by atomic mass is 127. The van der Waals surface area contributed by atoms with Crippen molar-refractivity contribution in [3.05, 3.63) is 0 Å². The number of hydrogen-bond acceptors (Lipinski definition) is 3. The van der Waals surface area contributed by atoms with E-state index < -0.39 is 0 Å². The number of carbonyl (C=O) groups is 2. The number of amides is 2. The van der Waals surface area contributed by atoms with E-state index in [0.717, 1.165) is 0 Å². The van der Waals surface area contributed by atoms with Crippen molar-refractivity contribution in [3.63, 3.8) is 0 Å². The van der Waals surface area contributed by atoms with Gasteiger partial charge in [0, 0.05) is 13.5 Å². The summed E-state index contributed by atoms with van der Waals surface area (Å²) in [5, 5.41) is -0.141. The summed E-state index contributed by atoms with van der Waals surface area (Å²) < 4.78 is 0. The Morgan fingerprint density at radius 3 is 2.50 bits per heavy atom. The van der Waals surface area contributed by atoms with Gasteiger partial charge in [-0.25, -0.2) is 0 Å². The lowest BCUT2D eigenvalue weighted by molar-refractivity contribution is -0.136. The van der Waals surface area contributed by atoms with Crippen molar-refractivity contribution in [1.29, 1.82) is 0 Å². The van der Waals surface area contributed by atoms with Gasteiger partial charge in [0.25, 0.3) is 0 Å². The van der Waals surface area contributed by atoms with Crippen LogP contribution in [0.5, 0.6) is 0 Å². The lowest BCUT2D eigenvalue weighted by Crippen LogP contribution is -2.26. The Labute approximate surface area is 75.1 Å². The van der Waals surface area contributed by atoms with E-state index in [1.165, 1.54) is 20.9 Å². The molecule has 0 radical (unpaired) electrons. The van der Waals surface area contributed by atoms with Gasteiger partial charge in [-0.2, -0.15) is 0 Å². The molecule has 1 aliphatic rings. The summed E-state index contributed by atoms with van der Waals surface area (Å²) in [5.41, 5.74) is 0. The van der Waals surface area contributed by atoms with E-state index in [2.05, 4.69) is 0 Å². The molecule has 1 atom stereocenters. The van der Waals surface area contributed by atoms with Crippen molar-refractivity contribution in [2.75, 3.05) is 7.05 Å². The molecule has 0 aromatic rings. The summed E-state index contributed by atoms with van der Waals surface area (Å²) in [6.45, 7) is 0. The molecule has 0 bridgehead atoms. The second-order valence-corrected chi connectivity index (χ2v) is 4.35. The molecule has 5 heteroatoms. The number of rotatable bonds is 1. The van der Waals surface area contributed by atoms with Gasteiger partial charge in [0.15, 0.2) is 0 Å². The van der Waals surface area contributed by atoms with Gasteiger partial charge in [0.05, 0.1) is 0 Å². The van der Waals surface area contributed by atoms with Crippen LogP contribution in [-0.4, -0.2) is 29.0 Å². The van der Waals surface area contributed by atoms with E-state index in [1.807, 2.05) is 21.2 Å². The first kappa shape index (κ1) is 8.32. The highest BCUT2D eigenvalue weighted by molar-refractivity contribution is 14.2. The van der Waals surface area contributed by atoms with Crippen LogP contribution >= 0.6 is 30.1 Å². The third kappa shape index (κ3) is 1.29. The molecule has 2 amide bonds. The van der Waals surface area contributed by atoms with Crippen LogP contribution in [0, 0.1) is 0 Å². The topological polar surface area (TPSA) is 37.4 Å². The fourth-order valence-corrected chi connectivity index (χ4v) is 2.42. The minimum absolute atomic E-state index is 0.0654. The molecule has 3 nitrogen and oxygen atoms in total. The first-order chi connectivity index (χ1) is 4.66. The van der Waals surface area contributed by atoms with Crippen molar-refractivity contribution in [2.24, 2.45) is 0 Å². The van der Waals surface area contributed by atoms with Crippen LogP contribution in [0.15, 0.2) is 0 Å². The van der Waals surface area contributed by atoms with Gasteiger partial charge in [0.1, 0.15) is 5.25 Å². The Bertz CT molecular complexity index is 184. The second-order valence-electron chi connectivity index (χ2n) is 2.07. The van der Waals surface area contributed by atoms with Gasteiger partial charge < -0.3 is 0 Å². The predicted molar refractivity (Wildman–Crippen MR) is 47.8 cm³/mol. The second kappa shape index (κ2) is 3.08. The normalized spacial score (nSPS) is 26.2. The van der Waals surface area contributed by atoms with Crippen LogP contribution in [0.3, 0.4) is 0 Å². The maximum Gasteiger partial charge on any atom is 0.243 e. The minimum atomic E-state index is -0.141. The van der Waals surface area contributed by atoms with Crippen molar-refractivity contribution in [1.82, 2.24) is 4.90 Å². The Kier molecular flexibility index (Phi) is 2.56. The lowest BCUT2D eigenvalue weighted by atomic mass is 10.4. The molecule has 0 aliphatic carbocycles. The summed E-state index contributed by atoms with van der Waals surface area (Å²) in [4.78, 5) is 23.1. The van der Waals surface area contributed by atoms with E-state index >= 15 is 0 Å². The Balaban J connectivity index is 2.71. The molecule has 0 N–H and O–H groups in total. The van der Waals surface area contributed by atoms with Gasteiger partial charge in [-0.3, -0.25) is 14.5 Å². The Morgan fingerprint density at radius 1 is 1.70 bits per heavy atom.